The van der Waals surface area contributed by atoms with Gasteiger partial charge >= 0.3 is 0 Å². The highest BCUT2D eigenvalue weighted by atomic mass is 35.5. The topological polar surface area (TPSA) is 41.5 Å². The van der Waals surface area contributed by atoms with Crippen LogP contribution >= 0.6 is 11.6 Å². The summed E-state index contributed by atoms with van der Waals surface area (Å²) in [7, 11) is 0. The molecule has 0 aromatic heterocycles. The molecule has 2 aromatic rings. The number of ether oxygens (including phenoxy) is 1. The molecule has 3 nitrogen and oxygen atoms in total. The number of rotatable bonds is 4. The van der Waals surface area contributed by atoms with Gasteiger partial charge < -0.3 is 15.2 Å². The molecule has 0 bridgehead atoms. The van der Waals surface area contributed by atoms with Crippen LogP contribution in [0.2, 0.25) is 5.02 Å². The lowest BCUT2D eigenvalue weighted by Gasteiger charge is -2.18. The van der Waals surface area contributed by atoms with Crippen molar-refractivity contribution in [2.45, 2.75) is 46.1 Å². The van der Waals surface area contributed by atoms with Crippen LogP contribution in [0, 0.1) is 0 Å². The van der Waals surface area contributed by atoms with Crippen LogP contribution in [0.4, 0.5) is 5.69 Å². The van der Waals surface area contributed by atoms with Crippen LogP contribution in [0.25, 0.3) is 0 Å². The summed E-state index contributed by atoms with van der Waals surface area (Å²) in [6.45, 7) is 7.66. The van der Waals surface area contributed by atoms with Gasteiger partial charge in [0.2, 0.25) is 0 Å². The normalized spacial score (nSPS) is 15.8. The Kier molecular flexibility index (Phi) is 7.60. The molecule has 1 atom stereocenters. The molecule has 0 aliphatic carbocycles. The summed E-state index contributed by atoms with van der Waals surface area (Å²) < 4.78 is 6.00. The predicted octanol–water partition coefficient (Wildman–Crippen LogP) is 5.40. The van der Waals surface area contributed by atoms with Crippen LogP contribution in [-0.4, -0.2) is 18.3 Å². The third-order valence-electron chi connectivity index (χ3n) is 4.27. The van der Waals surface area contributed by atoms with Gasteiger partial charge in [0.1, 0.15) is 5.75 Å². The zero-order valence-corrected chi connectivity index (χ0v) is 16.1. The first kappa shape index (κ1) is 19.6. The molecule has 0 saturated heterocycles. The number of nitrogens with one attached hydrogen (secondary N) is 1. The molecule has 1 heterocycles. The molecule has 1 aliphatic rings. The van der Waals surface area contributed by atoms with Crippen molar-refractivity contribution in [3.8, 4) is 5.75 Å². The highest BCUT2D eigenvalue weighted by molar-refractivity contribution is 6.30. The predicted molar refractivity (Wildman–Crippen MR) is 106 cm³/mol. The van der Waals surface area contributed by atoms with E-state index in [4.69, 9.17) is 16.3 Å². The number of hydrogen-bond acceptors (Lipinski definition) is 3. The number of aliphatic hydroxyl groups excluding tert-OH is 1. The van der Waals surface area contributed by atoms with Crippen LogP contribution in [0.1, 0.15) is 49.8 Å². The van der Waals surface area contributed by atoms with E-state index in [0.717, 1.165) is 41.4 Å². The number of hydrogen-bond donors (Lipinski definition) is 2. The Balaban J connectivity index is 0.00000109. The molecule has 2 aromatic carbocycles. The first-order valence-electron chi connectivity index (χ1n) is 9.10. The Labute approximate surface area is 156 Å². The summed E-state index contributed by atoms with van der Waals surface area (Å²) in [5.41, 5.74) is 4.44. The number of aryl methyl sites for hydroxylation is 1. The number of halogens is 1. The minimum absolute atomic E-state index is 0.0379. The maximum absolute atomic E-state index is 9.28. The Bertz CT molecular complexity index is 688. The van der Waals surface area contributed by atoms with Gasteiger partial charge in [-0.3, -0.25) is 0 Å². The van der Waals surface area contributed by atoms with Crippen LogP contribution in [0.5, 0.6) is 5.75 Å². The number of anilines is 1. The monoisotopic (exact) mass is 361 g/mol. The SMILES string of the molecule is CC.CCCc1cc(Cl)ccc1[C@H]1CNc2cc(CO)ccc2OC1. The van der Waals surface area contributed by atoms with Crippen molar-refractivity contribution in [1.29, 1.82) is 0 Å². The summed E-state index contributed by atoms with van der Waals surface area (Å²) in [6.07, 6.45) is 2.11. The van der Waals surface area contributed by atoms with Gasteiger partial charge in [-0.2, -0.15) is 0 Å². The average molecular weight is 362 g/mol. The van der Waals surface area contributed by atoms with Gasteiger partial charge in [0, 0.05) is 17.5 Å². The molecular formula is C21H28ClNO2. The third kappa shape index (κ3) is 4.90. The molecule has 0 radical (unpaired) electrons. The van der Waals surface area contributed by atoms with E-state index in [2.05, 4.69) is 24.4 Å². The molecule has 0 unspecified atom stereocenters. The largest absolute Gasteiger partial charge is 0.491 e. The third-order valence-corrected chi connectivity index (χ3v) is 4.50. The van der Waals surface area contributed by atoms with Gasteiger partial charge in [0.15, 0.2) is 0 Å². The minimum Gasteiger partial charge on any atom is -0.491 e. The number of aliphatic hydroxyl groups is 1. The zero-order valence-electron chi connectivity index (χ0n) is 15.3. The van der Waals surface area contributed by atoms with E-state index in [9.17, 15) is 5.11 Å². The van der Waals surface area contributed by atoms with E-state index in [-0.39, 0.29) is 12.5 Å². The van der Waals surface area contributed by atoms with E-state index in [1.807, 2.05) is 38.1 Å². The second kappa shape index (κ2) is 9.69. The summed E-state index contributed by atoms with van der Waals surface area (Å²) in [5.74, 6) is 1.12. The quantitative estimate of drug-likeness (QED) is 0.766. The summed E-state index contributed by atoms with van der Waals surface area (Å²) in [5, 5.41) is 13.5. The zero-order chi connectivity index (χ0) is 18.2. The van der Waals surface area contributed by atoms with Crippen molar-refractivity contribution in [2.24, 2.45) is 0 Å². The Morgan fingerprint density at radius 3 is 2.72 bits per heavy atom. The lowest BCUT2D eigenvalue weighted by molar-refractivity contribution is 0.281. The van der Waals surface area contributed by atoms with Gasteiger partial charge in [-0.15, -0.1) is 0 Å². The van der Waals surface area contributed by atoms with Gasteiger partial charge in [-0.25, -0.2) is 0 Å². The van der Waals surface area contributed by atoms with Crippen LogP contribution in [0.15, 0.2) is 36.4 Å². The number of fused-ring (bicyclic) bond motifs is 1. The highest BCUT2D eigenvalue weighted by Crippen LogP contribution is 2.33. The molecule has 0 spiro atoms. The van der Waals surface area contributed by atoms with Crippen molar-refractivity contribution < 1.29 is 9.84 Å². The molecular weight excluding hydrogens is 334 g/mol. The molecule has 2 N–H and O–H groups in total. The van der Waals surface area contributed by atoms with E-state index in [1.54, 1.807) is 0 Å². The smallest absolute Gasteiger partial charge is 0.142 e. The van der Waals surface area contributed by atoms with E-state index < -0.39 is 0 Å². The van der Waals surface area contributed by atoms with Crippen molar-refractivity contribution in [3.05, 3.63) is 58.1 Å². The van der Waals surface area contributed by atoms with Crippen molar-refractivity contribution >= 4 is 17.3 Å². The Morgan fingerprint density at radius 2 is 2.00 bits per heavy atom. The average Bonchev–Trinajstić information content (AvgIpc) is 2.86. The van der Waals surface area contributed by atoms with Crippen molar-refractivity contribution in [1.82, 2.24) is 0 Å². The number of benzene rings is 2. The van der Waals surface area contributed by atoms with E-state index >= 15 is 0 Å². The first-order valence-corrected chi connectivity index (χ1v) is 9.47. The molecule has 0 saturated carbocycles. The standard InChI is InChI=1S/C19H22ClNO2.C2H6/c1-2-3-14-9-16(20)5-6-17(14)15-10-21-18-8-13(11-22)4-7-19(18)23-12-15;1-2/h4-9,15,21-22H,2-3,10-12H2,1H3;1-2H3/t15-;/m0./s1. The first-order chi connectivity index (χ1) is 12.2. The molecule has 4 heteroatoms. The second-order valence-electron chi connectivity index (χ2n) is 5.97. The fourth-order valence-corrected chi connectivity index (χ4v) is 3.27. The minimum atomic E-state index is 0.0379. The van der Waals surface area contributed by atoms with Gasteiger partial charge in [-0.1, -0.05) is 50.9 Å². The Hall–Kier alpha value is -1.71. The van der Waals surface area contributed by atoms with Gasteiger partial charge in [-0.05, 0) is 47.4 Å². The maximum atomic E-state index is 9.28. The van der Waals surface area contributed by atoms with E-state index in [0.29, 0.717) is 6.61 Å². The molecule has 25 heavy (non-hydrogen) atoms. The summed E-state index contributed by atoms with van der Waals surface area (Å²) >= 11 is 6.16. The lowest BCUT2D eigenvalue weighted by Crippen LogP contribution is -2.17. The fraction of sp³-hybridized carbons (Fsp3) is 0.429. The fourth-order valence-electron chi connectivity index (χ4n) is 3.08. The van der Waals surface area contributed by atoms with Crippen LogP contribution < -0.4 is 10.1 Å². The lowest BCUT2D eigenvalue weighted by atomic mass is 9.92. The molecule has 136 valence electrons. The molecule has 0 fully saturated rings. The maximum Gasteiger partial charge on any atom is 0.142 e. The molecule has 3 rings (SSSR count). The van der Waals surface area contributed by atoms with Crippen LogP contribution in [-0.2, 0) is 13.0 Å². The summed E-state index contributed by atoms with van der Waals surface area (Å²) in [6, 6.07) is 11.9. The highest BCUT2D eigenvalue weighted by Gasteiger charge is 2.21. The molecule has 0 amide bonds. The second-order valence-corrected chi connectivity index (χ2v) is 6.41. The van der Waals surface area contributed by atoms with Gasteiger partial charge in [0.25, 0.3) is 0 Å². The van der Waals surface area contributed by atoms with E-state index in [1.165, 1.54) is 11.1 Å². The summed E-state index contributed by atoms with van der Waals surface area (Å²) in [4.78, 5) is 0. The molecule has 1 aliphatic heterocycles. The van der Waals surface area contributed by atoms with Crippen molar-refractivity contribution in [3.63, 3.8) is 0 Å². The van der Waals surface area contributed by atoms with Gasteiger partial charge in [0.05, 0.1) is 18.9 Å². The Morgan fingerprint density at radius 1 is 1.20 bits per heavy atom. The van der Waals surface area contributed by atoms with Crippen LogP contribution in [0.3, 0.4) is 0 Å². The van der Waals surface area contributed by atoms with Crippen molar-refractivity contribution in [2.75, 3.05) is 18.5 Å².